The molecule has 0 saturated heterocycles. The molecule has 0 N–H and O–H groups in total. The van der Waals surface area contributed by atoms with Crippen LogP contribution in [0.25, 0.3) is 0 Å². The van der Waals surface area contributed by atoms with Crippen LogP contribution in [0.5, 0.6) is 0 Å². The van der Waals surface area contributed by atoms with E-state index in [4.69, 9.17) is 47.4 Å². The van der Waals surface area contributed by atoms with Gasteiger partial charge in [-0.25, -0.2) is 0 Å². The minimum atomic E-state index is 0.238. The second-order valence-corrected chi connectivity index (χ2v) is 6.81. The van der Waals surface area contributed by atoms with Gasteiger partial charge in [-0.15, -0.1) is 0 Å². The van der Waals surface area contributed by atoms with Crippen molar-refractivity contribution in [2.75, 3.05) is 126 Å². The maximum Gasteiger partial charge on any atom is 0.0703 e. The summed E-state index contributed by atoms with van der Waals surface area (Å²) in [5.74, 6) is 0. The lowest BCUT2D eigenvalue weighted by Gasteiger charge is -2.09. The minimum Gasteiger partial charge on any atom is -0.382 e. The first-order valence-corrected chi connectivity index (χ1v) is 11.5. The van der Waals surface area contributed by atoms with Crippen LogP contribution in [0.1, 0.15) is 13.8 Å². The van der Waals surface area contributed by atoms with Crippen molar-refractivity contribution in [2.45, 2.75) is 20.0 Å². The zero-order chi connectivity index (χ0) is 23.4. The summed E-state index contributed by atoms with van der Waals surface area (Å²) >= 11 is 0. The summed E-state index contributed by atoms with van der Waals surface area (Å²) in [5.41, 5.74) is 0. The van der Waals surface area contributed by atoms with Crippen molar-refractivity contribution in [3.8, 4) is 0 Å². The average Bonchev–Trinajstić information content (AvgIpc) is 2.78. The standard InChI is InChI=1S/C22H46O10/c1-22(2)32-21-20-31-19-18-30-17-16-29-15-14-28-13-12-27-11-10-26-9-8-25-7-6-24-5-4-23-3/h22H,4-21H2,1-3H3. The third-order valence-corrected chi connectivity index (χ3v) is 3.71. The van der Waals surface area contributed by atoms with Gasteiger partial charge in [0.2, 0.25) is 0 Å². The molecule has 0 heterocycles. The minimum absolute atomic E-state index is 0.238. The van der Waals surface area contributed by atoms with Crippen molar-refractivity contribution in [1.29, 1.82) is 0 Å². The quantitative estimate of drug-likeness (QED) is 0.155. The first kappa shape index (κ1) is 31.6. The second kappa shape index (κ2) is 28.6. The number of ether oxygens (including phenoxy) is 10. The predicted molar refractivity (Wildman–Crippen MR) is 120 cm³/mol. The Labute approximate surface area is 194 Å². The normalized spacial score (nSPS) is 11.6. The zero-order valence-electron chi connectivity index (χ0n) is 20.4. The lowest BCUT2D eigenvalue weighted by Crippen LogP contribution is -2.15. The van der Waals surface area contributed by atoms with Gasteiger partial charge in [-0.2, -0.15) is 0 Å². The summed E-state index contributed by atoms with van der Waals surface area (Å²) in [6.45, 7) is 14.0. The molecule has 0 aromatic heterocycles. The molecule has 0 aliphatic carbocycles. The van der Waals surface area contributed by atoms with Crippen LogP contribution in [-0.4, -0.2) is 132 Å². The van der Waals surface area contributed by atoms with Gasteiger partial charge < -0.3 is 47.4 Å². The van der Waals surface area contributed by atoms with Crippen molar-refractivity contribution < 1.29 is 47.4 Å². The highest BCUT2D eigenvalue weighted by molar-refractivity contribution is 4.39. The van der Waals surface area contributed by atoms with E-state index in [0.717, 1.165) is 0 Å². The van der Waals surface area contributed by atoms with E-state index in [1.807, 2.05) is 13.8 Å². The Bertz CT molecular complexity index is 334. The van der Waals surface area contributed by atoms with E-state index >= 15 is 0 Å². The third-order valence-electron chi connectivity index (χ3n) is 3.71. The molecule has 0 rings (SSSR count). The molecule has 0 atom stereocenters. The second-order valence-electron chi connectivity index (χ2n) is 6.81. The van der Waals surface area contributed by atoms with Crippen LogP contribution in [0.15, 0.2) is 0 Å². The molecule has 32 heavy (non-hydrogen) atoms. The molecular weight excluding hydrogens is 424 g/mol. The van der Waals surface area contributed by atoms with E-state index in [0.29, 0.717) is 119 Å². The van der Waals surface area contributed by atoms with Gasteiger partial charge in [0, 0.05) is 7.11 Å². The Balaban J connectivity index is 3.00. The highest BCUT2D eigenvalue weighted by Gasteiger charge is 1.96. The molecular formula is C22H46O10. The molecule has 0 unspecified atom stereocenters. The van der Waals surface area contributed by atoms with E-state index < -0.39 is 0 Å². The van der Waals surface area contributed by atoms with Gasteiger partial charge in [-0.3, -0.25) is 0 Å². The highest BCUT2D eigenvalue weighted by atomic mass is 16.6. The third kappa shape index (κ3) is 29.6. The fourth-order valence-corrected chi connectivity index (χ4v) is 2.13. The van der Waals surface area contributed by atoms with Crippen LogP contribution < -0.4 is 0 Å². The molecule has 10 nitrogen and oxygen atoms in total. The van der Waals surface area contributed by atoms with Crippen LogP contribution >= 0.6 is 0 Å². The Hall–Kier alpha value is -0.400. The van der Waals surface area contributed by atoms with Gasteiger partial charge in [0.25, 0.3) is 0 Å². The molecule has 0 amide bonds. The van der Waals surface area contributed by atoms with Crippen molar-refractivity contribution in [3.63, 3.8) is 0 Å². The molecule has 0 aliphatic rings. The number of hydrogen-bond acceptors (Lipinski definition) is 10. The number of hydrogen-bond donors (Lipinski definition) is 0. The summed E-state index contributed by atoms with van der Waals surface area (Å²) in [6.07, 6.45) is 0.238. The summed E-state index contributed by atoms with van der Waals surface area (Å²) in [5, 5.41) is 0. The van der Waals surface area contributed by atoms with Gasteiger partial charge in [0.05, 0.1) is 125 Å². The van der Waals surface area contributed by atoms with E-state index in [9.17, 15) is 0 Å². The lowest BCUT2D eigenvalue weighted by molar-refractivity contribution is -0.0274. The molecule has 0 spiro atoms. The Morgan fingerprint density at radius 2 is 0.562 bits per heavy atom. The summed E-state index contributed by atoms with van der Waals surface area (Å²) in [4.78, 5) is 0. The first-order valence-electron chi connectivity index (χ1n) is 11.5. The van der Waals surface area contributed by atoms with Crippen molar-refractivity contribution in [3.05, 3.63) is 0 Å². The van der Waals surface area contributed by atoms with Gasteiger partial charge >= 0.3 is 0 Å². The van der Waals surface area contributed by atoms with Gasteiger partial charge in [0.1, 0.15) is 0 Å². The monoisotopic (exact) mass is 470 g/mol. The van der Waals surface area contributed by atoms with Crippen LogP contribution in [0.4, 0.5) is 0 Å². The fraction of sp³-hybridized carbons (Fsp3) is 1.00. The number of rotatable bonds is 28. The van der Waals surface area contributed by atoms with Crippen LogP contribution in [0.3, 0.4) is 0 Å². The Kier molecular flexibility index (Phi) is 28.3. The molecule has 194 valence electrons. The molecule has 0 aromatic rings. The molecule has 0 radical (unpaired) electrons. The van der Waals surface area contributed by atoms with E-state index in [1.54, 1.807) is 7.11 Å². The smallest absolute Gasteiger partial charge is 0.0703 e. The molecule has 0 fully saturated rings. The van der Waals surface area contributed by atoms with Crippen LogP contribution in [-0.2, 0) is 47.4 Å². The Morgan fingerprint density at radius 3 is 0.781 bits per heavy atom. The largest absolute Gasteiger partial charge is 0.382 e. The van der Waals surface area contributed by atoms with Gasteiger partial charge in [-0.1, -0.05) is 0 Å². The average molecular weight is 471 g/mol. The topological polar surface area (TPSA) is 92.3 Å². The molecule has 0 aromatic carbocycles. The van der Waals surface area contributed by atoms with E-state index in [1.165, 1.54) is 0 Å². The maximum absolute atomic E-state index is 5.44. The van der Waals surface area contributed by atoms with Crippen LogP contribution in [0.2, 0.25) is 0 Å². The van der Waals surface area contributed by atoms with E-state index in [-0.39, 0.29) is 6.10 Å². The SMILES string of the molecule is COCCOCCOCCOCCOCCOCCOCCOCCOCCOC(C)C. The molecule has 0 aliphatic heterocycles. The van der Waals surface area contributed by atoms with Gasteiger partial charge in [-0.05, 0) is 13.8 Å². The maximum atomic E-state index is 5.44. The first-order chi connectivity index (χ1) is 15.8. The molecule has 0 bridgehead atoms. The van der Waals surface area contributed by atoms with Crippen molar-refractivity contribution >= 4 is 0 Å². The summed E-state index contributed by atoms with van der Waals surface area (Å²) in [7, 11) is 1.65. The highest BCUT2D eigenvalue weighted by Crippen LogP contribution is 1.88. The van der Waals surface area contributed by atoms with Crippen LogP contribution in [0, 0.1) is 0 Å². The number of methoxy groups -OCH3 is 1. The van der Waals surface area contributed by atoms with Crippen molar-refractivity contribution in [1.82, 2.24) is 0 Å². The fourth-order valence-electron chi connectivity index (χ4n) is 2.13. The lowest BCUT2D eigenvalue weighted by atomic mass is 10.5. The van der Waals surface area contributed by atoms with E-state index in [2.05, 4.69) is 0 Å². The zero-order valence-corrected chi connectivity index (χ0v) is 20.4. The Morgan fingerprint density at radius 1 is 0.344 bits per heavy atom. The predicted octanol–water partition coefficient (Wildman–Crippen LogP) is 1.19. The molecule has 10 heteroatoms. The summed E-state index contributed by atoms with van der Waals surface area (Å²) < 4.78 is 53.4. The van der Waals surface area contributed by atoms with Gasteiger partial charge in [0.15, 0.2) is 0 Å². The summed E-state index contributed by atoms with van der Waals surface area (Å²) in [6, 6.07) is 0. The molecule has 0 saturated carbocycles. The van der Waals surface area contributed by atoms with Crippen molar-refractivity contribution in [2.24, 2.45) is 0 Å².